The first-order chi connectivity index (χ1) is 8.22. The van der Waals surface area contributed by atoms with Crippen LogP contribution in [0.2, 0.25) is 0 Å². The van der Waals surface area contributed by atoms with Gasteiger partial charge in [0.05, 0.1) is 6.61 Å². The number of rotatable bonds is 5. The Morgan fingerprint density at radius 1 is 1.24 bits per heavy atom. The van der Waals surface area contributed by atoms with Gasteiger partial charge >= 0.3 is 0 Å². The molecule has 0 saturated carbocycles. The molecule has 0 amide bonds. The first kappa shape index (κ1) is 12.1. The van der Waals surface area contributed by atoms with E-state index in [0.29, 0.717) is 0 Å². The number of likely N-dealkylation sites (N-methyl/N-ethyl adjacent to an activating group) is 1. The van der Waals surface area contributed by atoms with E-state index < -0.39 is 0 Å². The van der Waals surface area contributed by atoms with Gasteiger partial charge in [-0.05, 0) is 32.0 Å². The molecular formula is C14H20N2O. The fraction of sp³-hybridized carbons (Fsp3) is 0.429. The van der Waals surface area contributed by atoms with Crippen LogP contribution in [0.25, 0.3) is 10.9 Å². The molecule has 0 atom stereocenters. The van der Waals surface area contributed by atoms with Gasteiger partial charge in [-0.2, -0.15) is 0 Å². The normalized spacial score (nSPS) is 11.5. The van der Waals surface area contributed by atoms with Gasteiger partial charge in [-0.25, -0.2) is 0 Å². The molecule has 0 fully saturated rings. The molecule has 3 heteroatoms. The van der Waals surface area contributed by atoms with Gasteiger partial charge in [0.2, 0.25) is 0 Å². The van der Waals surface area contributed by atoms with Crippen molar-refractivity contribution in [2.75, 3.05) is 26.7 Å². The van der Waals surface area contributed by atoms with Crippen LogP contribution >= 0.6 is 0 Å². The summed E-state index contributed by atoms with van der Waals surface area (Å²) in [5.74, 6) is 0. The van der Waals surface area contributed by atoms with Crippen molar-refractivity contribution < 1.29 is 5.11 Å². The molecule has 0 unspecified atom stereocenters. The Bertz CT molecular complexity index is 490. The largest absolute Gasteiger partial charge is 0.395 e. The maximum atomic E-state index is 8.87. The number of aliphatic hydroxyl groups excluding tert-OH is 1. The zero-order valence-corrected chi connectivity index (χ0v) is 10.5. The van der Waals surface area contributed by atoms with Crippen LogP contribution in [-0.4, -0.2) is 41.7 Å². The predicted octanol–water partition coefficient (Wildman–Crippen LogP) is 1.94. The molecule has 1 aromatic carbocycles. The van der Waals surface area contributed by atoms with E-state index in [2.05, 4.69) is 41.1 Å². The molecule has 2 N–H and O–H groups in total. The Labute approximate surface area is 102 Å². The quantitative estimate of drug-likeness (QED) is 0.827. The number of fused-ring (bicyclic) bond motifs is 1. The fourth-order valence-corrected chi connectivity index (χ4v) is 2.24. The van der Waals surface area contributed by atoms with Crippen LogP contribution in [0.1, 0.15) is 11.3 Å². The standard InChI is InChI=1S/C14H20N2O/c1-11-12(7-8-16(2)9-10-17)13-5-3-4-6-14(13)15-11/h3-6,15,17H,7-10H2,1-2H3. The number of hydrogen-bond donors (Lipinski definition) is 2. The number of para-hydroxylation sites is 1. The van der Waals surface area contributed by atoms with E-state index in [1.54, 1.807) is 0 Å². The van der Waals surface area contributed by atoms with E-state index in [0.717, 1.165) is 19.5 Å². The van der Waals surface area contributed by atoms with Crippen molar-refractivity contribution in [2.45, 2.75) is 13.3 Å². The van der Waals surface area contributed by atoms with Gasteiger partial charge in [0.15, 0.2) is 0 Å². The molecule has 0 aliphatic heterocycles. The van der Waals surface area contributed by atoms with Crippen molar-refractivity contribution in [1.82, 2.24) is 9.88 Å². The highest BCUT2D eigenvalue weighted by molar-refractivity contribution is 5.84. The lowest BCUT2D eigenvalue weighted by atomic mass is 10.1. The van der Waals surface area contributed by atoms with Crippen molar-refractivity contribution in [3.05, 3.63) is 35.5 Å². The van der Waals surface area contributed by atoms with Crippen molar-refractivity contribution in [1.29, 1.82) is 0 Å². The van der Waals surface area contributed by atoms with Crippen LogP contribution in [0, 0.1) is 6.92 Å². The zero-order chi connectivity index (χ0) is 12.3. The number of H-pyrrole nitrogens is 1. The number of hydrogen-bond acceptors (Lipinski definition) is 2. The Morgan fingerprint density at radius 3 is 2.76 bits per heavy atom. The molecule has 0 aliphatic rings. The predicted molar refractivity (Wildman–Crippen MR) is 71.3 cm³/mol. The van der Waals surface area contributed by atoms with Gasteiger partial charge in [0.1, 0.15) is 0 Å². The second-order valence-corrected chi connectivity index (χ2v) is 4.55. The molecule has 0 radical (unpaired) electrons. The number of benzene rings is 1. The average molecular weight is 232 g/mol. The van der Waals surface area contributed by atoms with Gasteiger partial charge in [-0.1, -0.05) is 18.2 Å². The summed E-state index contributed by atoms with van der Waals surface area (Å²) in [6, 6.07) is 8.42. The van der Waals surface area contributed by atoms with Crippen LogP contribution in [0.4, 0.5) is 0 Å². The van der Waals surface area contributed by atoms with E-state index in [9.17, 15) is 0 Å². The molecule has 1 heterocycles. The molecule has 0 aliphatic carbocycles. The van der Waals surface area contributed by atoms with Crippen LogP contribution < -0.4 is 0 Å². The molecular weight excluding hydrogens is 212 g/mol. The van der Waals surface area contributed by atoms with E-state index >= 15 is 0 Å². The Kier molecular flexibility index (Phi) is 3.82. The molecule has 3 nitrogen and oxygen atoms in total. The minimum absolute atomic E-state index is 0.226. The van der Waals surface area contributed by atoms with Gasteiger partial charge in [-0.15, -0.1) is 0 Å². The highest BCUT2D eigenvalue weighted by Gasteiger charge is 2.08. The van der Waals surface area contributed by atoms with E-state index in [-0.39, 0.29) is 6.61 Å². The molecule has 17 heavy (non-hydrogen) atoms. The van der Waals surface area contributed by atoms with E-state index in [1.807, 2.05) is 7.05 Å². The van der Waals surface area contributed by atoms with Crippen molar-refractivity contribution in [3.63, 3.8) is 0 Å². The summed E-state index contributed by atoms with van der Waals surface area (Å²) in [7, 11) is 2.04. The number of aromatic amines is 1. The summed E-state index contributed by atoms with van der Waals surface area (Å²) in [5, 5.41) is 10.2. The van der Waals surface area contributed by atoms with Crippen molar-refractivity contribution >= 4 is 10.9 Å². The lowest BCUT2D eigenvalue weighted by molar-refractivity contribution is 0.223. The first-order valence-electron chi connectivity index (χ1n) is 6.08. The summed E-state index contributed by atoms with van der Waals surface area (Å²) in [6.07, 6.45) is 1.02. The summed E-state index contributed by atoms with van der Waals surface area (Å²) < 4.78 is 0. The molecule has 0 saturated heterocycles. The number of nitrogens with zero attached hydrogens (tertiary/aromatic N) is 1. The van der Waals surface area contributed by atoms with Crippen molar-refractivity contribution in [3.8, 4) is 0 Å². The zero-order valence-electron chi connectivity index (χ0n) is 10.5. The van der Waals surface area contributed by atoms with E-state index in [1.165, 1.54) is 22.2 Å². The average Bonchev–Trinajstić information content (AvgIpc) is 2.62. The molecule has 0 bridgehead atoms. The Balaban J connectivity index is 2.15. The van der Waals surface area contributed by atoms with Crippen molar-refractivity contribution in [2.24, 2.45) is 0 Å². The summed E-state index contributed by atoms with van der Waals surface area (Å²) in [6.45, 7) is 4.06. The monoisotopic (exact) mass is 232 g/mol. The highest BCUT2D eigenvalue weighted by atomic mass is 16.3. The second-order valence-electron chi connectivity index (χ2n) is 4.55. The summed E-state index contributed by atoms with van der Waals surface area (Å²) in [5.41, 5.74) is 3.86. The Hall–Kier alpha value is -1.32. The molecule has 92 valence electrons. The van der Waals surface area contributed by atoms with E-state index in [4.69, 9.17) is 5.11 Å². The number of aromatic nitrogens is 1. The maximum absolute atomic E-state index is 8.87. The number of nitrogens with one attached hydrogen (secondary N) is 1. The summed E-state index contributed by atoms with van der Waals surface area (Å²) in [4.78, 5) is 5.57. The van der Waals surface area contributed by atoms with Crippen LogP contribution in [0.3, 0.4) is 0 Å². The number of aliphatic hydroxyl groups is 1. The van der Waals surface area contributed by atoms with Crippen LogP contribution in [-0.2, 0) is 6.42 Å². The molecule has 2 aromatic rings. The first-order valence-corrected chi connectivity index (χ1v) is 6.08. The van der Waals surface area contributed by atoms with Gasteiger partial charge in [0, 0.05) is 29.7 Å². The molecule has 0 spiro atoms. The minimum Gasteiger partial charge on any atom is -0.395 e. The third-order valence-corrected chi connectivity index (χ3v) is 3.25. The maximum Gasteiger partial charge on any atom is 0.0558 e. The number of aryl methyl sites for hydroxylation is 1. The third-order valence-electron chi connectivity index (χ3n) is 3.25. The minimum atomic E-state index is 0.226. The topological polar surface area (TPSA) is 39.3 Å². The lowest BCUT2D eigenvalue weighted by Gasteiger charge is -2.14. The SMILES string of the molecule is Cc1[nH]c2ccccc2c1CCN(C)CCO. The van der Waals surface area contributed by atoms with Crippen LogP contribution in [0.5, 0.6) is 0 Å². The smallest absolute Gasteiger partial charge is 0.0558 e. The van der Waals surface area contributed by atoms with Gasteiger partial charge < -0.3 is 15.0 Å². The van der Waals surface area contributed by atoms with Crippen LogP contribution in [0.15, 0.2) is 24.3 Å². The molecule has 1 aromatic heterocycles. The summed E-state index contributed by atoms with van der Waals surface area (Å²) >= 11 is 0. The fourth-order valence-electron chi connectivity index (χ4n) is 2.24. The third kappa shape index (κ3) is 2.68. The lowest BCUT2D eigenvalue weighted by Crippen LogP contribution is -2.24. The Morgan fingerprint density at radius 2 is 2.00 bits per heavy atom. The van der Waals surface area contributed by atoms with Gasteiger partial charge in [0.25, 0.3) is 0 Å². The van der Waals surface area contributed by atoms with Gasteiger partial charge in [-0.3, -0.25) is 0 Å². The highest BCUT2D eigenvalue weighted by Crippen LogP contribution is 2.22. The second kappa shape index (κ2) is 5.34. The molecule has 2 rings (SSSR count).